The molecule has 0 radical (unpaired) electrons. The molecule has 140 valence electrons. The summed E-state index contributed by atoms with van der Waals surface area (Å²) in [6.45, 7) is 0.820. The van der Waals surface area contributed by atoms with E-state index in [4.69, 9.17) is 28.4 Å². The van der Waals surface area contributed by atoms with Crippen LogP contribution in [0.1, 0.15) is 5.56 Å². The lowest BCUT2D eigenvalue weighted by Gasteiger charge is -2.15. The topological polar surface area (TPSA) is 92.7 Å². The highest BCUT2D eigenvalue weighted by Crippen LogP contribution is 2.39. The minimum Gasteiger partial charge on any atom is -0.493 e. The van der Waals surface area contributed by atoms with E-state index in [-0.39, 0.29) is 19.0 Å². The van der Waals surface area contributed by atoms with Crippen LogP contribution in [0.15, 0.2) is 17.7 Å². The number of benzene rings is 1. The first-order valence-electron chi connectivity index (χ1n) is 7.45. The fourth-order valence-electron chi connectivity index (χ4n) is 1.95. The summed E-state index contributed by atoms with van der Waals surface area (Å²) in [6, 6.07) is 3.29. The molecular weight excluding hydrogens is 332 g/mol. The molecular formula is C17H24O8. The Morgan fingerprint density at radius 1 is 1.04 bits per heavy atom. The zero-order valence-corrected chi connectivity index (χ0v) is 14.9. The van der Waals surface area contributed by atoms with E-state index in [0.29, 0.717) is 36.0 Å². The van der Waals surface area contributed by atoms with Gasteiger partial charge in [0, 0.05) is 14.2 Å². The zero-order valence-electron chi connectivity index (χ0n) is 14.9. The largest absolute Gasteiger partial charge is 0.493 e. The summed E-state index contributed by atoms with van der Waals surface area (Å²) < 4.78 is 31.2. The average molecular weight is 356 g/mol. The van der Waals surface area contributed by atoms with Crippen molar-refractivity contribution in [1.29, 1.82) is 0 Å². The fourth-order valence-corrected chi connectivity index (χ4v) is 1.95. The van der Waals surface area contributed by atoms with Crippen LogP contribution in [0.3, 0.4) is 0 Å². The Morgan fingerprint density at radius 3 is 2.16 bits per heavy atom. The molecule has 1 N–H and O–H groups in total. The van der Waals surface area contributed by atoms with Crippen molar-refractivity contribution in [2.45, 2.75) is 0 Å². The van der Waals surface area contributed by atoms with Crippen molar-refractivity contribution < 1.29 is 38.3 Å². The Kier molecular flexibility index (Phi) is 9.38. The highest BCUT2D eigenvalue weighted by Gasteiger charge is 2.15. The van der Waals surface area contributed by atoms with Gasteiger partial charge in [-0.3, -0.25) is 0 Å². The third-order valence-electron chi connectivity index (χ3n) is 3.12. The molecule has 0 atom stereocenters. The molecule has 1 aromatic rings. The molecule has 0 aliphatic carbocycles. The van der Waals surface area contributed by atoms with Gasteiger partial charge in [0.05, 0.1) is 39.6 Å². The van der Waals surface area contributed by atoms with Crippen molar-refractivity contribution in [2.24, 2.45) is 0 Å². The second-order valence-corrected chi connectivity index (χ2v) is 4.83. The quantitative estimate of drug-likeness (QED) is 0.344. The lowest BCUT2D eigenvalue weighted by Crippen LogP contribution is -2.09. The van der Waals surface area contributed by atoms with E-state index in [0.717, 1.165) is 0 Å². The zero-order chi connectivity index (χ0) is 18.7. The molecule has 0 fully saturated rings. The summed E-state index contributed by atoms with van der Waals surface area (Å²) in [5.74, 6) is 0.0843. The normalized spacial score (nSPS) is 11.3. The van der Waals surface area contributed by atoms with Gasteiger partial charge in [-0.05, 0) is 23.8 Å². The molecule has 0 aromatic heterocycles. The van der Waals surface area contributed by atoms with Crippen LogP contribution in [-0.2, 0) is 19.0 Å². The first-order valence-corrected chi connectivity index (χ1v) is 7.45. The van der Waals surface area contributed by atoms with Crippen molar-refractivity contribution in [3.63, 3.8) is 0 Å². The molecule has 1 rings (SSSR count). The third kappa shape index (κ3) is 6.61. The predicted octanol–water partition coefficient (Wildman–Crippen LogP) is 1.82. The molecule has 25 heavy (non-hydrogen) atoms. The first kappa shape index (κ1) is 20.8. The van der Waals surface area contributed by atoms with E-state index in [1.54, 1.807) is 19.2 Å². The second kappa shape index (κ2) is 11.3. The Hall–Kier alpha value is -2.29. The maximum atomic E-state index is 11.2. The first-order chi connectivity index (χ1) is 12.1. The number of carbonyl (C=O) groups is 1. The highest BCUT2D eigenvalue weighted by molar-refractivity contribution is 5.92. The molecule has 1 aromatic carbocycles. The molecule has 0 heterocycles. The van der Waals surface area contributed by atoms with Crippen LogP contribution < -0.4 is 14.2 Å². The smallest absolute Gasteiger partial charge is 0.333 e. The van der Waals surface area contributed by atoms with Crippen LogP contribution >= 0.6 is 0 Å². The van der Waals surface area contributed by atoms with Gasteiger partial charge in [-0.15, -0.1) is 0 Å². The Balaban J connectivity index is 3.04. The van der Waals surface area contributed by atoms with E-state index in [1.165, 1.54) is 27.4 Å². The van der Waals surface area contributed by atoms with Crippen molar-refractivity contribution in [3.05, 3.63) is 23.3 Å². The summed E-state index contributed by atoms with van der Waals surface area (Å²) in [6.07, 6.45) is 1.48. The molecule has 0 spiro atoms. The molecule has 8 nitrogen and oxygen atoms in total. The van der Waals surface area contributed by atoms with E-state index < -0.39 is 5.97 Å². The molecule has 0 saturated carbocycles. The third-order valence-corrected chi connectivity index (χ3v) is 3.12. The van der Waals surface area contributed by atoms with E-state index in [2.05, 4.69) is 0 Å². The molecule has 0 unspecified atom stereocenters. The molecule has 8 heteroatoms. The molecule has 0 amide bonds. The minimum absolute atomic E-state index is 0.00465. The number of aliphatic carboxylic acids is 1. The summed E-state index contributed by atoms with van der Waals surface area (Å²) in [5.41, 5.74) is 0.680. The maximum absolute atomic E-state index is 11.2. The van der Waals surface area contributed by atoms with Gasteiger partial charge < -0.3 is 33.5 Å². The Bertz CT molecular complexity index is 557. The summed E-state index contributed by atoms with van der Waals surface area (Å²) in [5, 5.41) is 9.20. The van der Waals surface area contributed by atoms with E-state index in [9.17, 15) is 9.90 Å². The van der Waals surface area contributed by atoms with Crippen molar-refractivity contribution in [1.82, 2.24) is 0 Å². The van der Waals surface area contributed by atoms with Gasteiger partial charge in [0.1, 0.15) is 0 Å². The lowest BCUT2D eigenvalue weighted by atomic mass is 10.1. The number of hydrogen-bond acceptors (Lipinski definition) is 7. The van der Waals surface area contributed by atoms with Crippen LogP contribution in [0.25, 0.3) is 6.08 Å². The van der Waals surface area contributed by atoms with Gasteiger partial charge in [0.25, 0.3) is 0 Å². The van der Waals surface area contributed by atoms with Gasteiger partial charge in [-0.25, -0.2) is 4.79 Å². The van der Waals surface area contributed by atoms with E-state index >= 15 is 0 Å². The number of carboxylic acid groups (broad SMARTS) is 1. The van der Waals surface area contributed by atoms with Crippen LogP contribution in [-0.4, -0.2) is 66.1 Å². The van der Waals surface area contributed by atoms with Gasteiger partial charge in [0.2, 0.25) is 5.75 Å². The Labute approximate surface area is 146 Å². The van der Waals surface area contributed by atoms with Crippen LogP contribution in [0, 0.1) is 0 Å². The van der Waals surface area contributed by atoms with Crippen LogP contribution in [0.4, 0.5) is 0 Å². The molecule has 0 bridgehead atoms. The van der Waals surface area contributed by atoms with E-state index in [1.807, 2.05) is 0 Å². The molecule has 0 aliphatic rings. The summed E-state index contributed by atoms with van der Waals surface area (Å²) in [4.78, 5) is 11.2. The number of carboxylic acids is 1. The standard InChI is InChI=1S/C17H24O8/c1-20-5-6-24-11-25-16-14(22-3)8-12(9-15(16)23-4)7-13(10-21-2)17(18)19/h7-9H,5-6,10-11H2,1-4H3,(H,18,19)/b13-7+. The van der Waals surface area contributed by atoms with Crippen molar-refractivity contribution in [2.75, 3.05) is 55.1 Å². The number of rotatable bonds is 12. The van der Waals surface area contributed by atoms with Gasteiger partial charge in [0.15, 0.2) is 18.3 Å². The second-order valence-electron chi connectivity index (χ2n) is 4.83. The minimum atomic E-state index is -1.06. The van der Waals surface area contributed by atoms with Gasteiger partial charge >= 0.3 is 5.97 Å². The monoisotopic (exact) mass is 356 g/mol. The predicted molar refractivity (Wildman–Crippen MR) is 90.4 cm³/mol. The van der Waals surface area contributed by atoms with Gasteiger partial charge in [-0.1, -0.05) is 0 Å². The van der Waals surface area contributed by atoms with Crippen LogP contribution in [0.2, 0.25) is 0 Å². The number of methoxy groups -OCH3 is 4. The Morgan fingerprint density at radius 2 is 1.68 bits per heavy atom. The average Bonchev–Trinajstić information content (AvgIpc) is 2.61. The number of hydrogen-bond donors (Lipinski definition) is 1. The fraction of sp³-hybridized carbons (Fsp3) is 0.471. The number of ether oxygens (including phenoxy) is 6. The lowest BCUT2D eigenvalue weighted by molar-refractivity contribution is -0.133. The summed E-state index contributed by atoms with van der Waals surface area (Å²) in [7, 11) is 5.97. The maximum Gasteiger partial charge on any atom is 0.333 e. The highest BCUT2D eigenvalue weighted by atomic mass is 16.7. The molecule has 0 aliphatic heterocycles. The van der Waals surface area contributed by atoms with Crippen molar-refractivity contribution >= 4 is 12.0 Å². The van der Waals surface area contributed by atoms with Crippen molar-refractivity contribution in [3.8, 4) is 17.2 Å². The summed E-state index contributed by atoms with van der Waals surface area (Å²) >= 11 is 0. The van der Waals surface area contributed by atoms with Gasteiger partial charge in [-0.2, -0.15) is 0 Å². The van der Waals surface area contributed by atoms with Crippen LogP contribution in [0.5, 0.6) is 17.2 Å². The SMILES string of the molecule is COCCOCOc1c(OC)cc(/C=C(\COC)C(=O)O)cc1OC. The molecule has 0 saturated heterocycles.